The van der Waals surface area contributed by atoms with Crippen LogP contribution in [0, 0.1) is 0 Å². The van der Waals surface area contributed by atoms with Crippen LogP contribution in [0.5, 0.6) is 17.5 Å². The number of hydrogen-bond donors (Lipinski definition) is 1. The van der Waals surface area contributed by atoms with Crippen molar-refractivity contribution < 1.29 is 9.47 Å². The molecule has 5 heteroatoms. The minimum absolute atomic E-state index is 0.290. The molecule has 5 nitrogen and oxygen atoms in total. The Hall–Kier alpha value is -2.14. The van der Waals surface area contributed by atoms with Crippen molar-refractivity contribution in [2.24, 2.45) is 5.73 Å². The van der Waals surface area contributed by atoms with Crippen molar-refractivity contribution in [3.8, 4) is 17.5 Å². The Kier molecular flexibility index (Phi) is 3.52. The van der Waals surface area contributed by atoms with Crippen LogP contribution in [0.25, 0.3) is 0 Å². The topological polar surface area (TPSA) is 70.3 Å². The highest BCUT2D eigenvalue weighted by Crippen LogP contribution is 2.20. The number of hydrogen-bond acceptors (Lipinski definition) is 5. The second-order valence-electron chi connectivity index (χ2n) is 3.31. The minimum atomic E-state index is 0.290. The summed E-state index contributed by atoms with van der Waals surface area (Å²) in [7, 11) is 1.61. The van der Waals surface area contributed by atoms with Gasteiger partial charge in [0.2, 0.25) is 0 Å². The van der Waals surface area contributed by atoms with Gasteiger partial charge in [-0.1, -0.05) is 0 Å². The maximum Gasteiger partial charge on any atom is 0.322 e. The zero-order chi connectivity index (χ0) is 12.1. The molecule has 0 bridgehead atoms. The Morgan fingerprint density at radius 3 is 2.47 bits per heavy atom. The number of methoxy groups -OCH3 is 1. The summed E-state index contributed by atoms with van der Waals surface area (Å²) in [6, 6.07) is 9.23. The summed E-state index contributed by atoms with van der Waals surface area (Å²) in [5, 5.41) is 0. The first-order chi connectivity index (χ1) is 8.31. The summed E-state index contributed by atoms with van der Waals surface area (Å²) in [5.41, 5.74) is 6.23. The van der Waals surface area contributed by atoms with Gasteiger partial charge in [0.15, 0.2) is 0 Å². The monoisotopic (exact) mass is 231 g/mol. The lowest BCUT2D eigenvalue weighted by atomic mass is 10.3. The molecule has 1 aromatic heterocycles. The molecular formula is C12H13N3O2. The smallest absolute Gasteiger partial charge is 0.322 e. The summed E-state index contributed by atoms with van der Waals surface area (Å²) < 4.78 is 10.5. The number of rotatable bonds is 4. The van der Waals surface area contributed by atoms with E-state index in [-0.39, 0.29) is 6.01 Å². The standard InChI is InChI=1S/C12H13N3O2/c1-16-10-2-4-11(5-3-10)17-12-14-7-6-9(8-13)15-12/h2-7H,8,13H2,1H3. The van der Waals surface area contributed by atoms with Gasteiger partial charge >= 0.3 is 6.01 Å². The predicted octanol–water partition coefficient (Wildman–Crippen LogP) is 1.74. The average Bonchev–Trinajstić information content (AvgIpc) is 2.40. The Balaban J connectivity index is 2.13. The van der Waals surface area contributed by atoms with Crippen molar-refractivity contribution >= 4 is 0 Å². The lowest BCUT2D eigenvalue weighted by molar-refractivity contribution is 0.410. The molecule has 0 aliphatic carbocycles. The Labute approximate surface area is 99.2 Å². The maximum atomic E-state index is 5.49. The molecule has 0 saturated heterocycles. The molecule has 1 heterocycles. The Morgan fingerprint density at radius 2 is 1.82 bits per heavy atom. The third kappa shape index (κ3) is 2.92. The quantitative estimate of drug-likeness (QED) is 0.867. The van der Waals surface area contributed by atoms with Gasteiger partial charge in [-0.15, -0.1) is 0 Å². The van der Waals surface area contributed by atoms with Crippen LogP contribution in [0.3, 0.4) is 0 Å². The van der Waals surface area contributed by atoms with Crippen LogP contribution < -0.4 is 15.2 Å². The number of benzene rings is 1. The largest absolute Gasteiger partial charge is 0.497 e. The fourth-order valence-electron chi connectivity index (χ4n) is 1.29. The predicted molar refractivity (Wildman–Crippen MR) is 63.0 cm³/mol. The summed E-state index contributed by atoms with van der Waals surface area (Å²) >= 11 is 0. The van der Waals surface area contributed by atoms with E-state index in [1.807, 2.05) is 12.1 Å². The summed E-state index contributed by atoms with van der Waals surface area (Å²) in [6.07, 6.45) is 1.62. The molecule has 0 atom stereocenters. The second kappa shape index (κ2) is 5.27. The van der Waals surface area contributed by atoms with Gasteiger partial charge in [-0.2, -0.15) is 4.98 Å². The van der Waals surface area contributed by atoms with Gasteiger partial charge in [-0.25, -0.2) is 4.98 Å². The van der Waals surface area contributed by atoms with E-state index in [9.17, 15) is 0 Å². The molecule has 0 unspecified atom stereocenters. The first-order valence-corrected chi connectivity index (χ1v) is 5.15. The highest BCUT2D eigenvalue weighted by atomic mass is 16.5. The van der Waals surface area contributed by atoms with E-state index in [1.54, 1.807) is 31.5 Å². The van der Waals surface area contributed by atoms with Crippen LogP contribution in [0.1, 0.15) is 5.69 Å². The fourth-order valence-corrected chi connectivity index (χ4v) is 1.29. The molecule has 0 spiro atoms. The van der Waals surface area contributed by atoms with E-state index in [2.05, 4.69) is 9.97 Å². The molecule has 0 radical (unpaired) electrons. The second-order valence-corrected chi connectivity index (χ2v) is 3.31. The third-order valence-corrected chi connectivity index (χ3v) is 2.17. The van der Waals surface area contributed by atoms with E-state index in [0.29, 0.717) is 12.3 Å². The summed E-state index contributed by atoms with van der Waals surface area (Å²) in [5.74, 6) is 1.42. The zero-order valence-corrected chi connectivity index (χ0v) is 9.46. The lowest BCUT2D eigenvalue weighted by Crippen LogP contribution is -2.01. The van der Waals surface area contributed by atoms with Gasteiger partial charge < -0.3 is 15.2 Å². The molecule has 0 aliphatic rings. The van der Waals surface area contributed by atoms with Crippen molar-refractivity contribution in [1.29, 1.82) is 0 Å². The van der Waals surface area contributed by atoms with E-state index in [4.69, 9.17) is 15.2 Å². The Morgan fingerprint density at radius 1 is 1.12 bits per heavy atom. The summed E-state index contributed by atoms with van der Waals surface area (Å²) in [6.45, 7) is 0.363. The number of ether oxygens (including phenoxy) is 2. The van der Waals surface area contributed by atoms with Gasteiger partial charge in [0.1, 0.15) is 11.5 Å². The normalized spacial score (nSPS) is 10.0. The molecule has 0 amide bonds. The van der Waals surface area contributed by atoms with Crippen molar-refractivity contribution in [2.75, 3.05) is 7.11 Å². The van der Waals surface area contributed by atoms with Crippen LogP contribution in [0.2, 0.25) is 0 Å². The van der Waals surface area contributed by atoms with E-state index in [0.717, 1.165) is 11.4 Å². The van der Waals surface area contributed by atoms with Crippen LogP contribution in [-0.2, 0) is 6.54 Å². The molecule has 2 aromatic rings. The van der Waals surface area contributed by atoms with Crippen molar-refractivity contribution in [3.63, 3.8) is 0 Å². The van der Waals surface area contributed by atoms with Crippen molar-refractivity contribution in [1.82, 2.24) is 9.97 Å². The van der Waals surface area contributed by atoms with Gasteiger partial charge in [0, 0.05) is 12.7 Å². The van der Waals surface area contributed by atoms with Gasteiger partial charge in [-0.3, -0.25) is 0 Å². The van der Waals surface area contributed by atoms with Crippen LogP contribution in [0.4, 0.5) is 0 Å². The highest BCUT2D eigenvalue weighted by molar-refractivity contribution is 5.32. The molecule has 1 aromatic carbocycles. The fraction of sp³-hybridized carbons (Fsp3) is 0.167. The highest BCUT2D eigenvalue weighted by Gasteiger charge is 2.01. The SMILES string of the molecule is COc1ccc(Oc2nccc(CN)n2)cc1. The number of nitrogens with two attached hydrogens (primary N) is 1. The molecule has 88 valence electrons. The number of aromatic nitrogens is 2. The van der Waals surface area contributed by atoms with Crippen molar-refractivity contribution in [2.45, 2.75) is 6.54 Å². The van der Waals surface area contributed by atoms with Crippen LogP contribution in [-0.4, -0.2) is 17.1 Å². The van der Waals surface area contributed by atoms with Crippen LogP contribution in [0.15, 0.2) is 36.5 Å². The summed E-state index contributed by atoms with van der Waals surface area (Å²) in [4.78, 5) is 8.14. The molecule has 0 fully saturated rings. The van der Waals surface area contributed by atoms with E-state index in [1.165, 1.54) is 0 Å². The molecular weight excluding hydrogens is 218 g/mol. The van der Waals surface area contributed by atoms with Crippen LogP contribution >= 0.6 is 0 Å². The maximum absolute atomic E-state index is 5.49. The molecule has 2 N–H and O–H groups in total. The Bertz CT molecular complexity index is 485. The van der Waals surface area contributed by atoms with E-state index < -0.39 is 0 Å². The van der Waals surface area contributed by atoms with Gasteiger partial charge in [0.05, 0.1) is 12.8 Å². The first-order valence-electron chi connectivity index (χ1n) is 5.15. The number of nitrogens with zero attached hydrogens (tertiary/aromatic N) is 2. The van der Waals surface area contributed by atoms with E-state index >= 15 is 0 Å². The average molecular weight is 231 g/mol. The van der Waals surface area contributed by atoms with Gasteiger partial charge in [0.25, 0.3) is 0 Å². The molecule has 0 saturated carbocycles. The first kappa shape index (κ1) is 11.3. The van der Waals surface area contributed by atoms with Crippen molar-refractivity contribution in [3.05, 3.63) is 42.2 Å². The minimum Gasteiger partial charge on any atom is -0.497 e. The molecule has 0 aliphatic heterocycles. The zero-order valence-electron chi connectivity index (χ0n) is 9.46. The lowest BCUT2D eigenvalue weighted by Gasteiger charge is -2.05. The molecule has 17 heavy (non-hydrogen) atoms. The molecule has 2 rings (SSSR count). The van der Waals surface area contributed by atoms with Gasteiger partial charge in [-0.05, 0) is 30.3 Å². The third-order valence-electron chi connectivity index (χ3n) is 2.17.